The Morgan fingerprint density at radius 3 is 2.69 bits per heavy atom. The highest BCUT2D eigenvalue weighted by Crippen LogP contribution is 2.49. The second-order valence-corrected chi connectivity index (χ2v) is 8.47. The summed E-state index contributed by atoms with van der Waals surface area (Å²) in [5, 5.41) is 17.7. The van der Waals surface area contributed by atoms with Crippen LogP contribution in [0, 0.1) is 29.1 Å². The van der Waals surface area contributed by atoms with Crippen molar-refractivity contribution >= 4 is 17.4 Å². The number of rotatable bonds is 6. The van der Waals surface area contributed by atoms with Crippen molar-refractivity contribution < 1.29 is 13.6 Å². The largest absolute Gasteiger partial charge is 0.294 e. The van der Waals surface area contributed by atoms with Gasteiger partial charge in [0.15, 0.2) is 11.6 Å². The van der Waals surface area contributed by atoms with Crippen molar-refractivity contribution in [1.82, 2.24) is 19.6 Å². The van der Waals surface area contributed by atoms with Gasteiger partial charge in [-0.05, 0) is 30.5 Å². The molecule has 3 aromatic rings. The predicted octanol–water partition coefficient (Wildman–Crippen LogP) is 4.90. The predicted molar refractivity (Wildman–Crippen MR) is 115 cm³/mol. The van der Waals surface area contributed by atoms with Gasteiger partial charge in [-0.2, -0.15) is 24.2 Å². The highest BCUT2D eigenvalue weighted by Gasteiger charge is 2.45. The number of terminal acetylenes is 1. The van der Waals surface area contributed by atoms with Crippen LogP contribution in [0.3, 0.4) is 0 Å². The number of aryl methyl sites for hydroxylation is 1. The van der Waals surface area contributed by atoms with Crippen molar-refractivity contribution in [3.63, 3.8) is 0 Å². The maximum absolute atomic E-state index is 13.9. The molecule has 2 aromatic heterocycles. The first kappa shape index (κ1) is 21.7. The number of aromatic nitrogens is 4. The van der Waals surface area contributed by atoms with Gasteiger partial charge in [-0.15, -0.1) is 6.42 Å². The Morgan fingerprint density at radius 1 is 1.38 bits per heavy atom. The summed E-state index contributed by atoms with van der Waals surface area (Å²) in [4.78, 5) is 12.8. The lowest BCUT2D eigenvalue weighted by molar-refractivity contribution is 0.0119. The highest BCUT2D eigenvalue weighted by atomic mass is 35.5. The van der Waals surface area contributed by atoms with Gasteiger partial charge in [-0.1, -0.05) is 23.6 Å². The maximum Gasteiger partial charge on any atom is 0.290 e. The number of alkyl halides is 2. The van der Waals surface area contributed by atoms with Gasteiger partial charge in [-0.3, -0.25) is 4.79 Å². The Bertz CT molecular complexity index is 1320. The second-order valence-electron chi connectivity index (χ2n) is 8.06. The number of Topliss-reactive ketones (excluding diaryl/α,β-unsaturated/α-hetero) is 1. The first-order chi connectivity index (χ1) is 15.1. The third-order valence-electron chi connectivity index (χ3n) is 5.57. The van der Waals surface area contributed by atoms with Crippen LogP contribution in [0.4, 0.5) is 8.78 Å². The number of carbonyl (C=O) groups is 1. The van der Waals surface area contributed by atoms with Crippen LogP contribution in [-0.2, 0) is 13.0 Å². The zero-order chi connectivity index (χ0) is 23.3. The quantitative estimate of drug-likeness (QED) is 0.393. The average Bonchev–Trinajstić information content (AvgIpc) is 3.18. The molecular formula is C23H18ClF2N5O. The summed E-state index contributed by atoms with van der Waals surface area (Å²) in [7, 11) is 1.51. The normalized spacial score (nSPS) is 14.6. The third-order valence-corrected chi connectivity index (χ3v) is 5.90. The zero-order valence-corrected chi connectivity index (χ0v) is 18.1. The van der Waals surface area contributed by atoms with Crippen LogP contribution < -0.4 is 0 Å². The second kappa shape index (κ2) is 7.58. The van der Waals surface area contributed by atoms with Crippen LogP contribution in [0.15, 0.2) is 30.6 Å². The first-order valence-corrected chi connectivity index (χ1v) is 10.2. The summed E-state index contributed by atoms with van der Waals surface area (Å²) >= 11 is 6.25. The highest BCUT2D eigenvalue weighted by molar-refractivity contribution is 6.34. The SMILES string of the molecule is C#Cc1c(C(C)(F)F)nn(C)c1-n1cc(-c2ccc(Cl)c(C(=O)CC3(C#N)CC3)c2)cn1. The van der Waals surface area contributed by atoms with Crippen molar-refractivity contribution in [1.29, 1.82) is 5.26 Å². The molecule has 32 heavy (non-hydrogen) atoms. The molecule has 6 nitrogen and oxygen atoms in total. The summed E-state index contributed by atoms with van der Waals surface area (Å²) in [6.45, 7) is 0.735. The van der Waals surface area contributed by atoms with E-state index in [2.05, 4.69) is 22.2 Å². The van der Waals surface area contributed by atoms with E-state index in [0.717, 1.165) is 6.92 Å². The minimum Gasteiger partial charge on any atom is -0.294 e. The van der Waals surface area contributed by atoms with Gasteiger partial charge < -0.3 is 0 Å². The van der Waals surface area contributed by atoms with Crippen LogP contribution in [-0.4, -0.2) is 25.3 Å². The maximum atomic E-state index is 13.9. The van der Waals surface area contributed by atoms with Crippen molar-refractivity contribution in [3.8, 4) is 35.4 Å². The van der Waals surface area contributed by atoms with Gasteiger partial charge in [0.25, 0.3) is 5.92 Å². The number of hydrogen-bond donors (Lipinski definition) is 0. The van der Waals surface area contributed by atoms with E-state index in [4.69, 9.17) is 18.0 Å². The summed E-state index contributed by atoms with van der Waals surface area (Å²) < 4.78 is 30.5. The summed E-state index contributed by atoms with van der Waals surface area (Å²) in [6.07, 6.45) is 10.2. The number of hydrogen-bond acceptors (Lipinski definition) is 4. The smallest absolute Gasteiger partial charge is 0.290 e. The molecule has 0 saturated heterocycles. The van der Waals surface area contributed by atoms with Crippen molar-refractivity contribution in [2.45, 2.75) is 32.1 Å². The minimum atomic E-state index is -3.21. The van der Waals surface area contributed by atoms with E-state index in [1.54, 1.807) is 24.4 Å². The molecule has 1 aliphatic rings. The molecular weight excluding hydrogens is 436 g/mol. The number of halogens is 3. The average molecular weight is 454 g/mol. The van der Waals surface area contributed by atoms with Crippen LogP contribution >= 0.6 is 11.6 Å². The van der Waals surface area contributed by atoms with E-state index in [1.807, 2.05) is 0 Å². The molecule has 1 aromatic carbocycles. The van der Waals surface area contributed by atoms with Gasteiger partial charge in [0.2, 0.25) is 0 Å². The summed E-state index contributed by atoms with van der Waals surface area (Å²) in [5.41, 5.74) is 0.498. The fraction of sp³-hybridized carbons (Fsp3) is 0.304. The fourth-order valence-electron chi connectivity index (χ4n) is 3.61. The number of nitrogens with zero attached hydrogens (tertiary/aromatic N) is 5. The fourth-order valence-corrected chi connectivity index (χ4v) is 3.83. The molecule has 162 valence electrons. The van der Waals surface area contributed by atoms with E-state index >= 15 is 0 Å². The molecule has 0 amide bonds. The van der Waals surface area contributed by atoms with Crippen molar-refractivity contribution in [2.24, 2.45) is 12.5 Å². The molecule has 0 N–H and O–H groups in total. The zero-order valence-electron chi connectivity index (χ0n) is 17.4. The molecule has 0 spiro atoms. The van der Waals surface area contributed by atoms with Crippen LogP contribution in [0.5, 0.6) is 0 Å². The number of nitriles is 1. The van der Waals surface area contributed by atoms with Gasteiger partial charge in [0.05, 0.1) is 28.3 Å². The van der Waals surface area contributed by atoms with E-state index in [9.17, 15) is 18.8 Å². The van der Waals surface area contributed by atoms with Gasteiger partial charge in [-0.25, -0.2) is 9.36 Å². The Kier molecular flexibility index (Phi) is 5.15. The molecule has 1 fully saturated rings. The number of carbonyl (C=O) groups excluding carboxylic acids is 1. The Hall–Kier alpha value is -3.49. The molecule has 4 rings (SSSR count). The molecule has 2 heterocycles. The van der Waals surface area contributed by atoms with Gasteiger partial charge in [0, 0.05) is 37.7 Å². The van der Waals surface area contributed by atoms with E-state index in [0.29, 0.717) is 34.6 Å². The van der Waals surface area contributed by atoms with Gasteiger partial charge in [0.1, 0.15) is 5.69 Å². The number of ketones is 1. The van der Waals surface area contributed by atoms with Crippen LogP contribution in [0.2, 0.25) is 5.02 Å². The topological polar surface area (TPSA) is 76.5 Å². The molecule has 1 aliphatic carbocycles. The molecule has 0 atom stereocenters. The van der Waals surface area contributed by atoms with Gasteiger partial charge >= 0.3 is 0 Å². The molecule has 0 unspecified atom stereocenters. The van der Waals surface area contributed by atoms with Crippen LogP contribution in [0.25, 0.3) is 16.9 Å². The lowest BCUT2D eigenvalue weighted by Gasteiger charge is -2.08. The van der Waals surface area contributed by atoms with Crippen molar-refractivity contribution in [2.75, 3.05) is 0 Å². The molecule has 0 radical (unpaired) electrons. The first-order valence-electron chi connectivity index (χ1n) is 9.80. The standard InChI is InChI=1S/C23H18ClF2N5O/c1-4-16-20(22(2,25)26)29-30(3)21(16)31-12-15(11-28-31)14-5-6-18(24)17(9-14)19(32)10-23(13-27)7-8-23/h1,5-6,9,11-12H,7-8,10H2,2-3H3. The lowest BCUT2D eigenvalue weighted by Crippen LogP contribution is -2.10. The summed E-state index contributed by atoms with van der Waals surface area (Å²) in [5.74, 6) is -0.884. The Morgan fingerprint density at radius 2 is 2.09 bits per heavy atom. The van der Waals surface area contributed by atoms with E-state index in [-0.39, 0.29) is 23.6 Å². The lowest BCUT2D eigenvalue weighted by atomic mass is 9.95. The third kappa shape index (κ3) is 3.79. The van der Waals surface area contributed by atoms with E-state index < -0.39 is 17.0 Å². The van der Waals surface area contributed by atoms with Crippen molar-refractivity contribution in [3.05, 3.63) is 52.4 Å². The van der Waals surface area contributed by atoms with E-state index in [1.165, 1.54) is 22.6 Å². The molecule has 0 bridgehead atoms. The molecule has 1 saturated carbocycles. The number of benzene rings is 1. The Balaban J connectivity index is 1.70. The summed E-state index contributed by atoms with van der Waals surface area (Å²) in [6, 6.07) is 7.21. The van der Waals surface area contributed by atoms with Crippen LogP contribution in [0.1, 0.15) is 47.8 Å². The Labute approximate surface area is 188 Å². The molecule has 0 aliphatic heterocycles. The molecule has 9 heteroatoms. The monoisotopic (exact) mass is 453 g/mol. The minimum absolute atomic E-state index is 0.0483.